The van der Waals surface area contributed by atoms with Gasteiger partial charge in [0.1, 0.15) is 0 Å². The van der Waals surface area contributed by atoms with Crippen LogP contribution in [0.5, 0.6) is 0 Å². The molecule has 0 spiro atoms. The summed E-state index contributed by atoms with van der Waals surface area (Å²) in [6.07, 6.45) is 0.771. The average Bonchev–Trinajstić information content (AvgIpc) is 2.63. The number of ether oxygens (including phenoxy) is 1. The molecule has 1 aliphatic rings. The minimum Gasteiger partial charge on any atom is -0.453 e. The lowest BCUT2D eigenvalue weighted by atomic mass is 10.2. The van der Waals surface area contributed by atoms with Crippen molar-refractivity contribution in [1.82, 2.24) is 9.80 Å². The zero-order chi connectivity index (χ0) is 13.7. The highest BCUT2D eigenvalue weighted by Crippen LogP contribution is 2.14. The van der Waals surface area contributed by atoms with E-state index in [1.807, 2.05) is 6.07 Å². The lowest BCUT2D eigenvalue weighted by Crippen LogP contribution is -2.34. The topological polar surface area (TPSA) is 32.8 Å². The number of halogens is 1. The number of carbonyl (C=O) groups excluding carboxylic acids is 1. The maximum absolute atomic E-state index is 11.5. The first-order chi connectivity index (χ1) is 9.19. The fourth-order valence-electron chi connectivity index (χ4n) is 2.33. The van der Waals surface area contributed by atoms with Crippen molar-refractivity contribution in [2.75, 3.05) is 33.3 Å². The van der Waals surface area contributed by atoms with Gasteiger partial charge in [-0.05, 0) is 24.1 Å². The number of nitrogens with zero attached hydrogens (tertiary/aromatic N) is 2. The second-order valence-electron chi connectivity index (χ2n) is 4.72. The number of rotatable bonds is 2. The van der Waals surface area contributed by atoms with E-state index in [-0.39, 0.29) is 6.09 Å². The van der Waals surface area contributed by atoms with Crippen molar-refractivity contribution in [2.45, 2.75) is 13.0 Å². The Labute approximate surface area is 122 Å². The Kier molecular flexibility index (Phi) is 5.22. The molecule has 1 aliphatic heterocycles. The van der Waals surface area contributed by atoms with Crippen molar-refractivity contribution >= 4 is 22.0 Å². The molecule has 0 radical (unpaired) electrons. The summed E-state index contributed by atoms with van der Waals surface area (Å²) in [5, 5.41) is 0. The fourth-order valence-corrected chi connectivity index (χ4v) is 2.78. The second kappa shape index (κ2) is 6.91. The van der Waals surface area contributed by atoms with Crippen LogP contribution in [0.4, 0.5) is 4.79 Å². The first-order valence-electron chi connectivity index (χ1n) is 6.49. The molecular formula is C14H19BrN2O2. The molecule has 0 bridgehead atoms. The lowest BCUT2D eigenvalue weighted by Gasteiger charge is -2.21. The molecule has 0 aromatic heterocycles. The van der Waals surface area contributed by atoms with Gasteiger partial charge >= 0.3 is 6.09 Å². The van der Waals surface area contributed by atoms with Gasteiger partial charge in [-0.2, -0.15) is 0 Å². The van der Waals surface area contributed by atoms with Crippen molar-refractivity contribution < 1.29 is 9.53 Å². The summed E-state index contributed by atoms with van der Waals surface area (Å²) >= 11 is 3.49. The first kappa shape index (κ1) is 14.3. The number of hydrogen-bond donors (Lipinski definition) is 0. The molecule has 1 saturated heterocycles. The Bertz CT molecular complexity index is 439. The highest BCUT2D eigenvalue weighted by molar-refractivity contribution is 9.10. The maximum atomic E-state index is 11.5. The van der Waals surface area contributed by atoms with Crippen LogP contribution in [-0.4, -0.2) is 49.2 Å². The van der Waals surface area contributed by atoms with E-state index >= 15 is 0 Å². The molecule has 1 aromatic carbocycles. The second-order valence-corrected chi connectivity index (χ2v) is 5.63. The van der Waals surface area contributed by atoms with Gasteiger partial charge in [0.2, 0.25) is 0 Å². The van der Waals surface area contributed by atoms with E-state index < -0.39 is 0 Å². The highest BCUT2D eigenvalue weighted by atomic mass is 79.9. The van der Waals surface area contributed by atoms with Gasteiger partial charge in [-0.25, -0.2) is 4.79 Å². The predicted molar refractivity (Wildman–Crippen MR) is 78.0 cm³/mol. The van der Waals surface area contributed by atoms with E-state index in [1.54, 1.807) is 4.90 Å². The molecule has 1 amide bonds. The van der Waals surface area contributed by atoms with E-state index in [0.717, 1.165) is 43.6 Å². The van der Waals surface area contributed by atoms with Crippen molar-refractivity contribution in [2.24, 2.45) is 0 Å². The molecule has 19 heavy (non-hydrogen) atoms. The van der Waals surface area contributed by atoms with Crippen LogP contribution in [-0.2, 0) is 11.3 Å². The number of methoxy groups -OCH3 is 1. The molecule has 0 aliphatic carbocycles. The van der Waals surface area contributed by atoms with Crippen LogP contribution in [0.3, 0.4) is 0 Å². The molecule has 1 heterocycles. The van der Waals surface area contributed by atoms with Crippen molar-refractivity contribution in [3.63, 3.8) is 0 Å². The molecule has 5 heteroatoms. The molecule has 2 rings (SSSR count). The molecule has 0 N–H and O–H groups in total. The van der Waals surface area contributed by atoms with Crippen LogP contribution in [0.1, 0.15) is 12.0 Å². The smallest absolute Gasteiger partial charge is 0.409 e. The maximum Gasteiger partial charge on any atom is 0.409 e. The summed E-state index contributed by atoms with van der Waals surface area (Å²) in [5.74, 6) is 0. The van der Waals surface area contributed by atoms with E-state index in [0.29, 0.717) is 0 Å². The van der Waals surface area contributed by atoms with Crippen LogP contribution in [0.2, 0.25) is 0 Å². The van der Waals surface area contributed by atoms with E-state index in [2.05, 4.69) is 39.0 Å². The zero-order valence-electron chi connectivity index (χ0n) is 11.1. The van der Waals surface area contributed by atoms with Crippen molar-refractivity contribution in [3.05, 3.63) is 34.3 Å². The van der Waals surface area contributed by atoms with Crippen LogP contribution in [0.25, 0.3) is 0 Å². The van der Waals surface area contributed by atoms with Crippen molar-refractivity contribution in [3.8, 4) is 0 Å². The van der Waals surface area contributed by atoms with Crippen LogP contribution in [0.15, 0.2) is 28.7 Å². The van der Waals surface area contributed by atoms with E-state index in [4.69, 9.17) is 4.74 Å². The Hall–Kier alpha value is -1.07. The quantitative estimate of drug-likeness (QED) is 0.837. The summed E-state index contributed by atoms with van der Waals surface area (Å²) in [7, 11) is 1.44. The van der Waals surface area contributed by atoms with Crippen LogP contribution >= 0.6 is 15.9 Å². The van der Waals surface area contributed by atoms with Gasteiger partial charge < -0.3 is 9.64 Å². The third-order valence-electron chi connectivity index (χ3n) is 3.32. The minimum atomic E-state index is -0.218. The SMILES string of the molecule is COC(=O)N1CCCN(Cc2cccc(Br)c2)CC1. The van der Waals surface area contributed by atoms with Crippen LogP contribution < -0.4 is 0 Å². The molecule has 104 valence electrons. The van der Waals surface area contributed by atoms with Gasteiger partial charge in [-0.1, -0.05) is 28.1 Å². The summed E-state index contributed by atoms with van der Waals surface area (Å²) in [4.78, 5) is 15.7. The highest BCUT2D eigenvalue weighted by Gasteiger charge is 2.19. The molecule has 0 atom stereocenters. The van der Waals surface area contributed by atoms with Gasteiger partial charge in [0.15, 0.2) is 0 Å². The van der Waals surface area contributed by atoms with Crippen molar-refractivity contribution in [1.29, 1.82) is 0 Å². The molecule has 1 aromatic rings. The molecule has 1 fully saturated rings. The Morgan fingerprint density at radius 2 is 2.16 bits per heavy atom. The van der Waals surface area contributed by atoms with Gasteiger partial charge in [-0.15, -0.1) is 0 Å². The lowest BCUT2D eigenvalue weighted by molar-refractivity contribution is 0.124. The summed E-state index contributed by atoms with van der Waals surface area (Å²) in [5.41, 5.74) is 1.29. The normalized spacial score (nSPS) is 17.1. The molecule has 0 unspecified atom stereocenters. The standard InChI is InChI=1S/C14H19BrN2O2/c1-19-14(18)17-7-3-6-16(8-9-17)11-12-4-2-5-13(15)10-12/h2,4-5,10H,3,6-9,11H2,1H3. The van der Waals surface area contributed by atoms with Gasteiger partial charge in [-0.3, -0.25) is 4.90 Å². The van der Waals surface area contributed by atoms with Gasteiger partial charge in [0, 0.05) is 37.2 Å². The minimum absolute atomic E-state index is 0.218. The zero-order valence-corrected chi connectivity index (χ0v) is 12.7. The third kappa shape index (κ3) is 4.21. The van der Waals surface area contributed by atoms with E-state index in [9.17, 15) is 4.79 Å². The Morgan fingerprint density at radius 1 is 1.32 bits per heavy atom. The van der Waals surface area contributed by atoms with Gasteiger partial charge in [0.25, 0.3) is 0 Å². The Balaban J connectivity index is 1.91. The third-order valence-corrected chi connectivity index (χ3v) is 3.81. The monoisotopic (exact) mass is 326 g/mol. The first-order valence-corrected chi connectivity index (χ1v) is 7.28. The molecule has 0 saturated carbocycles. The largest absolute Gasteiger partial charge is 0.453 e. The summed E-state index contributed by atoms with van der Waals surface area (Å²) in [6, 6.07) is 8.36. The average molecular weight is 327 g/mol. The summed E-state index contributed by atoms with van der Waals surface area (Å²) in [6.45, 7) is 4.35. The number of benzene rings is 1. The molecular weight excluding hydrogens is 308 g/mol. The fraction of sp³-hybridized carbons (Fsp3) is 0.500. The number of carbonyl (C=O) groups is 1. The summed E-state index contributed by atoms with van der Waals surface area (Å²) < 4.78 is 5.88. The number of amides is 1. The predicted octanol–water partition coefficient (Wildman–Crippen LogP) is 2.72. The number of hydrogen-bond acceptors (Lipinski definition) is 3. The Morgan fingerprint density at radius 3 is 2.89 bits per heavy atom. The molecule has 4 nitrogen and oxygen atoms in total. The van der Waals surface area contributed by atoms with Gasteiger partial charge in [0.05, 0.1) is 7.11 Å². The van der Waals surface area contributed by atoms with E-state index in [1.165, 1.54) is 12.7 Å². The van der Waals surface area contributed by atoms with Crippen LogP contribution in [0, 0.1) is 0 Å².